The lowest BCUT2D eigenvalue weighted by Crippen LogP contribution is -2.40. The lowest BCUT2D eigenvalue weighted by atomic mass is 9.95. The number of carboxylic acid groups (broad SMARTS) is 1. The first-order valence-electron chi connectivity index (χ1n) is 7.70. The molecule has 0 saturated carbocycles. The summed E-state index contributed by atoms with van der Waals surface area (Å²) in [5, 5.41) is 12.0. The molecule has 2 rings (SSSR count). The van der Waals surface area contributed by atoms with E-state index in [1.54, 1.807) is 17.9 Å². The van der Waals surface area contributed by atoms with Crippen molar-refractivity contribution in [2.45, 2.75) is 33.6 Å². The molecule has 6 heteroatoms. The first-order chi connectivity index (χ1) is 10.8. The number of carbonyl (C=O) groups excluding carboxylic acids is 2. The summed E-state index contributed by atoms with van der Waals surface area (Å²) in [5.74, 6) is -1.24. The van der Waals surface area contributed by atoms with Gasteiger partial charge in [0.1, 0.15) is 0 Å². The molecule has 124 valence electrons. The van der Waals surface area contributed by atoms with Crippen LogP contribution >= 0.6 is 0 Å². The van der Waals surface area contributed by atoms with E-state index in [9.17, 15) is 19.5 Å². The molecule has 1 aliphatic heterocycles. The highest BCUT2D eigenvalue weighted by molar-refractivity contribution is 5.96. The normalized spacial score (nSPS) is 15.3. The summed E-state index contributed by atoms with van der Waals surface area (Å²) < 4.78 is 0. The van der Waals surface area contributed by atoms with E-state index in [0.29, 0.717) is 37.2 Å². The zero-order chi connectivity index (χ0) is 17.1. The van der Waals surface area contributed by atoms with Crippen LogP contribution in [-0.2, 0) is 9.59 Å². The smallest absolute Gasteiger partial charge is 0.336 e. The lowest BCUT2D eigenvalue weighted by Gasteiger charge is -2.30. The second kappa shape index (κ2) is 6.81. The van der Waals surface area contributed by atoms with Crippen molar-refractivity contribution in [3.05, 3.63) is 28.8 Å². The monoisotopic (exact) mass is 318 g/mol. The molecule has 1 aromatic carbocycles. The number of rotatable bonds is 3. The quantitative estimate of drug-likeness (QED) is 0.894. The van der Waals surface area contributed by atoms with Gasteiger partial charge in [0.25, 0.3) is 0 Å². The fraction of sp³-hybridized carbons (Fsp3) is 0.471. The molecule has 0 aliphatic carbocycles. The van der Waals surface area contributed by atoms with Gasteiger partial charge >= 0.3 is 5.97 Å². The molecule has 0 aromatic heterocycles. The van der Waals surface area contributed by atoms with E-state index in [4.69, 9.17) is 0 Å². The van der Waals surface area contributed by atoms with Crippen LogP contribution in [0.5, 0.6) is 0 Å². The van der Waals surface area contributed by atoms with Gasteiger partial charge in [0.2, 0.25) is 11.8 Å². The maximum absolute atomic E-state index is 12.4. The molecule has 1 aliphatic rings. The van der Waals surface area contributed by atoms with Crippen molar-refractivity contribution in [1.82, 2.24) is 4.90 Å². The van der Waals surface area contributed by atoms with E-state index in [1.807, 2.05) is 6.92 Å². The summed E-state index contributed by atoms with van der Waals surface area (Å²) in [5.41, 5.74) is 2.23. The van der Waals surface area contributed by atoms with Crippen molar-refractivity contribution in [2.75, 3.05) is 18.4 Å². The minimum Gasteiger partial charge on any atom is -0.478 e. The fourth-order valence-corrected chi connectivity index (χ4v) is 2.91. The van der Waals surface area contributed by atoms with Gasteiger partial charge in [-0.2, -0.15) is 0 Å². The highest BCUT2D eigenvalue weighted by Crippen LogP contribution is 2.24. The van der Waals surface area contributed by atoms with Crippen molar-refractivity contribution in [1.29, 1.82) is 0 Å². The zero-order valence-corrected chi connectivity index (χ0v) is 13.7. The number of amides is 2. The lowest BCUT2D eigenvalue weighted by molar-refractivity contribution is -0.132. The molecule has 0 bridgehead atoms. The first kappa shape index (κ1) is 17.0. The zero-order valence-electron chi connectivity index (χ0n) is 13.7. The molecule has 2 amide bonds. The Morgan fingerprint density at radius 1 is 1.13 bits per heavy atom. The molecule has 2 N–H and O–H groups in total. The molecule has 1 fully saturated rings. The number of likely N-dealkylation sites (tertiary alicyclic amines) is 1. The third-order valence-electron chi connectivity index (χ3n) is 4.37. The van der Waals surface area contributed by atoms with Crippen molar-refractivity contribution in [3.63, 3.8) is 0 Å². The van der Waals surface area contributed by atoms with E-state index < -0.39 is 5.97 Å². The van der Waals surface area contributed by atoms with E-state index in [0.717, 1.165) is 5.56 Å². The number of piperidine rings is 1. The van der Waals surface area contributed by atoms with Crippen LogP contribution in [0.25, 0.3) is 0 Å². The van der Waals surface area contributed by atoms with E-state index in [-0.39, 0.29) is 23.3 Å². The first-order valence-corrected chi connectivity index (χ1v) is 7.70. The Kier molecular flexibility index (Phi) is 5.03. The average molecular weight is 318 g/mol. The molecule has 6 nitrogen and oxygen atoms in total. The molecule has 1 heterocycles. The number of hydrogen-bond acceptors (Lipinski definition) is 3. The highest BCUT2D eigenvalue weighted by Gasteiger charge is 2.26. The highest BCUT2D eigenvalue weighted by atomic mass is 16.4. The van der Waals surface area contributed by atoms with Crippen LogP contribution in [0.1, 0.15) is 41.3 Å². The summed E-state index contributed by atoms with van der Waals surface area (Å²) in [6.45, 7) is 6.27. The van der Waals surface area contributed by atoms with Crippen LogP contribution in [0.3, 0.4) is 0 Å². The number of hydrogen-bond donors (Lipinski definition) is 2. The van der Waals surface area contributed by atoms with Crippen LogP contribution in [0, 0.1) is 19.8 Å². The Morgan fingerprint density at radius 3 is 2.26 bits per heavy atom. The Hall–Kier alpha value is -2.37. The van der Waals surface area contributed by atoms with Crippen LogP contribution in [-0.4, -0.2) is 40.9 Å². The molecule has 0 unspecified atom stereocenters. The summed E-state index contributed by atoms with van der Waals surface area (Å²) in [6, 6.07) is 3.27. The van der Waals surface area contributed by atoms with E-state index in [2.05, 4.69) is 5.32 Å². The van der Waals surface area contributed by atoms with Crippen molar-refractivity contribution >= 4 is 23.5 Å². The Bertz CT molecular complexity index is 646. The van der Waals surface area contributed by atoms with Crippen molar-refractivity contribution in [3.8, 4) is 0 Å². The van der Waals surface area contributed by atoms with E-state index in [1.165, 1.54) is 13.0 Å². The molecule has 0 atom stereocenters. The number of carboxylic acids is 1. The van der Waals surface area contributed by atoms with E-state index >= 15 is 0 Å². The molecule has 1 saturated heterocycles. The summed E-state index contributed by atoms with van der Waals surface area (Å²) in [4.78, 5) is 36.7. The summed E-state index contributed by atoms with van der Waals surface area (Å²) in [6.07, 6.45) is 1.25. The number of aryl methyl sites for hydroxylation is 2. The van der Waals surface area contributed by atoms with Gasteiger partial charge in [-0.3, -0.25) is 9.59 Å². The van der Waals surface area contributed by atoms with Gasteiger partial charge < -0.3 is 15.3 Å². The molecule has 0 spiro atoms. The summed E-state index contributed by atoms with van der Waals surface area (Å²) >= 11 is 0. The number of benzene rings is 1. The minimum atomic E-state index is -1.01. The molecule has 1 aromatic rings. The third-order valence-corrected chi connectivity index (χ3v) is 4.37. The fourth-order valence-electron chi connectivity index (χ4n) is 2.91. The molecule has 23 heavy (non-hydrogen) atoms. The predicted molar refractivity (Wildman–Crippen MR) is 86.5 cm³/mol. The third kappa shape index (κ3) is 3.88. The number of nitrogens with one attached hydrogen (secondary N) is 1. The largest absolute Gasteiger partial charge is 0.478 e. The van der Waals surface area contributed by atoms with Gasteiger partial charge in [0.15, 0.2) is 0 Å². The number of aromatic carboxylic acids is 1. The second-order valence-corrected chi connectivity index (χ2v) is 6.06. The van der Waals surface area contributed by atoms with Gasteiger partial charge in [-0.05, 0) is 43.9 Å². The second-order valence-electron chi connectivity index (χ2n) is 6.06. The predicted octanol–water partition coefficient (Wildman–Crippen LogP) is 2.20. The Labute approximate surface area is 135 Å². The topological polar surface area (TPSA) is 86.7 Å². The van der Waals surface area contributed by atoms with Gasteiger partial charge in [0.05, 0.1) is 5.56 Å². The van der Waals surface area contributed by atoms with Crippen LogP contribution < -0.4 is 5.32 Å². The standard InChI is InChI=1S/C17H22N2O4/c1-10-8-11(2)15(9-14(10)17(22)23)18-16(21)13-4-6-19(7-5-13)12(3)20/h8-9,13H,4-7H2,1-3H3,(H,18,21)(H,22,23). The van der Waals surface area contributed by atoms with Crippen LogP contribution in [0.2, 0.25) is 0 Å². The van der Waals surface area contributed by atoms with Gasteiger partial charge in [-0.25, -0.2) is 4.79 Å². The Balaban J connectivity index is 2.08. The SMILES string of the molecule is CC(=O)N1CCC(C(=O)Nc2cc(C(=O)O)c(C)cc2C)CC1. The average Bonchev–Trinajstić information content (AvgIpc) is 2.49. The molecular formula is C17H22N2O4. The van der Waals surface area contributed by atoms with Gasteiger partial charge in [-0.1, -0.05) is 6.07 Å². The van der Waals surface area contributed by atoms with Crippen LogP contribution in [0.4, 0.5) is 5.69 Å². The van der Waals surface area contributed by atoms with Gasteiger partial charge in [-0.15, -0.1) is 0 Å². The number of nitrogens with zero attached hydrogens (tertiary/aromatic N) is 1. The maximum Gasteiger partial charge on any atom is 0.336 e. The van der Waals surface area contributed by atoms with Crippen molar-refractivity contribution in [2.24, 2.45) is 5.92 Å². The summed E-state index contributed by atoms with van der Waals surface area (Å²) in [7, 11) is 0. The van der Waals surface area contributed by atoms with Crippen molar-refractivity contribution < 1.29 is 19.5 Å². The minimum absolute atomic E-state index is 0.0318. The Morgan fingerprint density at radius 2 is 1.74 bits per heavy atom. The van der Waals surface area contributed by atoms with Crippen LogP contribution in [0.15, 0.2) is 12.1 Å². The number of carbonyl (C=O) groups is 3. The van der Waals surface area contributed by atoms with Gasteiger partial charge in [0, 0.05) is 31.6 Å². The maximum atomic E-state index is 12.4. The molecule has 0 radical (unpaired) electrons. The number of anilines is 1. The molecular weight excluding hydrogens is 296 g/mol.